The summed E-state index contributed by atoms with van der Waals surface area (Å²) in [7, 11) is 1.60. The molecule has 0 unspecified atom stereocenters. The van der Waals surface area contributed by atoms with E-state index in [2.05, 4.69) is 15.4 Å². The summed E-state index contributed by atoms with van der Waals surface area (Å²) in [6.45, 7) is 0.783. The van der Waals surface area contributed by atoms with Gasteiger partial charge in [0.15, 0.2) is 0 Å². The number of pyridine rings is 1. The Morgan fingerprint density at radius 2 is 2.00 bits per heavy atom. The van der Waals surface area contributed by atoms with Gasteiger partial charge in [0.25, 0.3) is 11.5 Å². The summed E-state index contributed by atoms with van der Waals surface area (Å²) in [5, 5.41) is 7.30. The number of nitrogens with one attached hydrogen (secondary N) is 1. The molecule has 1 aliphatic rings. The van der Waals surface area contributed by atoms with Crippen LogP contribution < -0.4 is 15.6 Å². The van der Waals surface area contributed by atoms with Crippen LogP contribution in [-0.2, 0) is 13.1 Å². The standard InChI is InChI=1S/C22H22N4O3/c1-29-18-9-7-16(8-10-18)20-12-19(22(28)26(25-20)14-15-5-6-15)21(27)24-13-17-4-2-3-11-23-17/h2-4,7-12,15H,5-6,13-14H2,1H3,(H,24,27). The van der Waals surface area contributed by atoms with Crippen molar-refractivity contribution in [3.63, 3.8) is 0 Å². The molecule has 0 saturated heterocycles. The Morgan fingerprint density at radius 1 is 1.21 bits per heavy atom. The molecule has 0 bridgehead atoms. The molecule has 0 radical (unpaired) electrons. The van der Waals surface area contributed by atoms with E-state index >= 15 is 0 Å². The van der Waals surface area contributed by atoms with Gasteiger partial charge in [-0.2, -0.15) is 5.10 Å². The van der Waals surface area contributed by atoms with Gasteiger partial charge in [-0.05, 0) is 61.2 Å². The Kier molecular flexibility index (Phi) is 5.37. The fourth-order valence-corrected chi connectivity index (χ4v) is 3.04. The van der Waals surface area contributed by atoms with E-state index in [0.29, 0.717) is 18.2 Å². The highest BCUT2D eigenvalue weighted by Crippen LogP contribution is 2.30. The molecule has 7 heteroatoms. The fraction of sp³-hybridized carbons (Fsp3) is 0.273. The van der Waals surface area contributed by atoms with Crippen LogP contribution in [0.2, 0.25) is 0 Å². The quantitative estimate of drug-likeness (QED) is 0.670. The van der Waals surface area contributed by atoms with Crippen molar-refractivity contribution < 1.29 is 9.53 Å². The molecule has 1 N–H and O–H groups in total. The van der Waals surface area contributed by atoms with Gasteiger partial charge in [0, 0.05) is 18.3 Å². The average molecular weight is 390 g/mol. The van der Waals surface area contributed by atoms with Gasteiger partial charge in [-0.3, -0.25) is 14.6 Å². The first-order valence-corrected chi connectivity index (χ1v) is 9.59. The SMILES string of the molecule is COc1ccc(-c2cc(C(=O)NCc3ccccn3)c(=O)n(CC3CC3)n2)cc1. The van der Waals surface area contributed by atoms with E-state index in [1.54, 1.807) is 19.4 Å². The molecule has 4 rings (SSSR count). The molecular formula is C22H22N4O3. The molecule has 1 aliphatic carbocycles. The van der Waals surface area contributed by atoms with E-state index in [0.717, 1.165) is 29.8 Å². The van der Waals surface area contributed by atoms with Crippen molar-refractivity contribution in [2.24, 2.45) is 5.92 Å². The molecular weight excluding hydrogens is 368 g/mol. The van der Waals surface area contributed by atoms with Gasteiger partial charge < -0.3 is 10.1 Å². The van der Waals surface area contributed by atoms with Crippen molar-refractivity contribution in [3.8, 4) is 17.0 Å². The van der Waals surface area contributed by atoms with E-state index in [9.17, 15) is 9.59 Å². The van der Waals surface area contributed by atoms with E-state index in [1.165, 1.54) is 4.68 Å². The summed E-state index contributed by atoms with van der Waals surface area (Å²) in [6.07, 6.45) is 3.84. The van der Waals surface area contributed by atoms with Crippen LogP contribution in [0.5, 0.6) is 5.75 Å². The van der Waals surface area contributed by atoms with Crippen LogP contribution in [0.4, 0.5) is 0 Å². The number of benzene rings is 1. The summed E-state index contributed by atoms with van der Waals surface area (Å²) in [4.78, 5) is 29.8. The molecule has 0 atom stereocenters. The second kappa shape index (κ2) is 8.26. The van der Waals surface area contributed by atoms with Crippen LogP contribution in [-0.4, -0.2) is 27.8 Å². The third-order valence-corrected chi connectivity index (χ3v) is 4.89. The van der Waals surface area contributed by atoms with Crippen LogP contribution in [0.15, 0.2) is 59.5 Å². The number of nitrogens with zero attached hydrogens (tertiary/aromatic N) is 3. The minimum atomic E-state index is -0.428. The highest BCUT2D eigenvalue weighted by Gasteiger charge is 2.25. The van der Waals surface area contributed by atoms with Gasteiger partial charge in [0.05, 0.1) is 25.0 Å². The first-order valence-electron chi connectivity index (χ1n) is 9.59. The van der Waals surface area contributed by atoms with E-state index < -0.39 is 5.91 Å². The average Bonchev–Trinajstić information content (AvgIpc) is 3.58. The highest BCUT2D eigenvalue weighted by molar-refractivity contribution is 5.94. The number of hydrogen-bond donors (Lipinski definition) is 1. The van der Waals surface area contributed by atoms with Crippen LogP contribution in [0.1, 0.15) is 28.9 Å². The maximum Gasteiger partial charge on any atom is 0.279 e. The van der Waals surface area contributed by atoms with Gasteiger partial charge >= 0.3 is 0 Å². The molecule has 2 heterocycles. The maximum absolute atomic E-state index is 12.9. The third-order valence-electron chi connectivity index (χ3n) is 4.89. The largest absolute Gasteiger partial charge is 0.497 e. The molecule has 1 amide bonds. The smallest absolute Gasteiger partial charge is 0.279 e. The maximum atomic E-state index is 12.9. The predicted molar refractivity (Wildman–Crippen MR) is 109 cm³/mol. The number of amides is 1. The third kappa shape index (κ3) is 4.51. The number of carbonyl (C=O) groups is 1. The normalized spacial score (nSPS) is 13.1. The van der Waals surface area contributed by atoms with Crippen LogP contribution in [0, 0.1) is 5.92 Å². The highest BCUT2D eigenvalue weighted by atomic mass is 16.5. The summed E-state index contributed by atoms with van der Waals surface area (Å²) in [5.41, 5.74) is 1.84. The van der Waals surface area contributed by atoms with E-state index in [4.69, 9.17) is 4.74 Å². The first kappa shape index (κ1) is 18.9. The number of methoxy groups -OCH3 is 1. The molecule has 0 aliphatic heterocycles. The molecule has 2 aromatic heterocycles. The second-order valence-corrected chi connectivity index (χ2v) is 7.11. The molecule has 29 heavy (non-hydrogen) atoms. The predicted octanol–water partition coefficient (Wildman–Crippen LogP) is 2.65. The van der Waals surface area contributed by atoms with E-state index in [1.807, 2.05) is 42.5 Å². The Hall–Kier alpha value is -3.48. The lowest BCUT2D eigenvalue weighted by molar-refractivity contribution is 0.0947. The van der Waals surface area contributed by atoms with Crippen molar-refractivity contribution in [1.82, 2.24) is 20.1 Å². The number of ether oxygens (including phenoxy) is 1. The van der Waals surface area contributed by atoms with Crippen molar-refractivity contribution in [2.45, 2.75) is 25.9 Å². The number of hydrogen-bond acceptors (Lipinski definition) is 5. The minimum absolute atomic E-state index is 0.0856. The Labute approximate surface area is 168 Å². The van der Waals surface area contributed by atoms with Gasteiger partial charge in [0.2, 0.25) is 0 Å². The number of carbonyl (C=O) groups excluding carboxylic acids is 1. The minimum Gasteiger partial charge on any atom is -0.497 e. The summed E-state index contributed by atoms with van der Waals surface area (Å²) in [5.74, 6) is 0.756. The molecule has 1 saturated carbocycles. The van der Waals surface area contributed by atoms with Gasteiger partial charge in [-0.15, -0.1) is 0 Å². The molecule has 1 fully saturated rings. The summed E-state index contributed by atoms with van der Waals surface area (Å²) < 4.78 is 6.62. The Morgan fingerprint density at radius 3 is 2.66 bits per heavy atom. The van der Waals surface area contributed by atoms with Crippen LogP contribution in [0.3, 0.4) is 0 Å². The summed E-state index contributed by atoms with van der Waals surface area (Å²) >= 11 is 0. The zero-order valence-corrected chi connectivity index (χ0v) is 16.2. The van der Waals surface area contributed by atoms with Crippen LogP contribution >= 0.6 is 0 Å². The molecule has 3 aromatic rings. The number of rotatable bonds is 7. The lowest BCUT2D eigenvalue weighted by Crippen LogP contribution is -2.34. The molecule has 7 nitrogen and oxygen atoms in total. The van der Waals surface area contributed by atoms with E-state index in [-0.39, 0.29) is 17.7 Å². The van der Waals surface area contributed by atoms with Crippen molar-refractivity contribution in [1.29, 1.82) is 0 Å². The van der Waals surface area contributed by atoms with Crippen LogP contribution in [0.25, 0.3) is 11.3 Å². The van der Waals surface area contributed by atoms with Crippen molar-refractivity contribution >= 4 is 5.91 Å². The molecule has 0 spiro atoms. The Bertz CT molecular complexity index is 1060. The monoisotopic (exact) mass is 390 g/mol. The van der Waals surface area contributed by atoms with Crippen molar-refractivity contribution in [2.75, 3.05) is 7.11 Å². The van der Waals surface area contributed by atoms with Gasteiger partial charge in [0.1, 0.15) is 11.3 Å². The zero-order valence-electron chi connectivity index (χ0n) is 16.2. The summed E-state index contributed by atoms with van der Waals surface area (Å²) in [6, 6.07) is 14.4. The molecule has 1 aromatic carbocycles. The zero-order chi connectivity index (χ0) is 20.2. The first-order chi connectivity index (χ1) is 14.1. The fourth-order valence-electron chi connectivity index (χ4n) is 3.04. The Balaban J connectivity index is 1.65. The number of aromatic nitrogens is 3. The molecule has 148 valence electrons. The topological polar surface area (TPSA) is 86.1 Å². The van der Waals surface area contributed by atoms with Crippen molar-refractivity contribution in [3.05, 3.63) is 76.3 Å². The van der Waals surface area contributed by atoms with Gasteiger partial charge in [-0.1, -0.05) is 6.07 Å². The van der Waals surface area contributed by atoms with Gasteiger partial charge in [-0.25, -0.2) is 4.68 Å². The second-order valence-electron chi connectivity index (χ2n) is 7.11. The lowest BCUT2D eigenvalue weighted by Gasteiger charge is -2.11. The lowest BCUT2D eigenvalue weighted by atomic mass is 10.1.